The van der Waals surface area contributed by atoms with Gasteiger partial charge in [0.15, 0.2) is 0 Å². The summed E-state index contributed by atoms with van der Waals surface area (Å²) in [5.74, 6) is 0.282. The third kappa shape index (κ3) is 3.23. The standard InChI is InChI=1S/C14H28N2O2/c1-6-14(15,7-2)8-16-13(17)12-9(3)10(4)18-11(12)5/h9-12H,6-8,15H2,1-5H3,(H,16,17). The summed E-state index contributed by atoms with van der Waals surface area (Å²) in [7, 11) is 0. The Morgan fingerprint density at radius 3 is 2.17 bits per heavy atom. The van der Waals surface area contributed by atoms with Gasteiger partial charge in [0, 0.05) is 12.1 Å². The predicted molar refractivity (Wildman–Crippen MR) is 73.2 cm³/mol. The van der Waals surface area contributed by atoms with Crippen LogP contribution in [0, 0.1) is 11.8 Å². The number of nitrogens with one attached hydrogen (secondary N) is 1. The summed E-state index contributed by atoms with van der Waals surface area (Å²) in [5.41, 5.74) is 5.91. The summed E-state index contributed by atoms with van der Waals surface area (Å²) in [6, 6.07) is 0. The van der Waals surface area contributed by atoms with E-state index in [1.807, 2.05) is 13.8 Å². The summed E-state index contributed by atoms with van der Waals surface area (Å²) < 4.78 is 5.70. The van der Waals surface area contributed by atoms with Gasteiger partial charge in [-0.05, 0) is 32.6 Å². The van der Waals surface area contributed by atoms with Crippen molar-refractivity contribution in [3.8, 4) is 0 Å². The molecule has 18 heavy (non-hydrogen) atoms. The molecule has 1 aliphatic heterocycles. The molecule has 4 unspecified atom stereocenters. The second-order valence-corrected chi connectivity index (χ2v) is 5.72. The molecule has 4 atom stereocenters. The highest BCUT2D eigenvalue weighted by atomic mass is 16.5. The predicted octanol–water partition coefficient (Wildman–Crippen LogP) is 1.68. The van der Waals surface area contributed by atoms with Gasteiger partial charge in [0.1, 0.15) is 0 Å². The number of hydrogen-bond acceptors (Lipinski definition) is 3. The zero-order valence-corrected chi connectivity index (χ0v) is 12.3. The molecular formula is C14H28N2O2. The third-order valence-corrected chi connectivity index (χ3v) is 4.57. The van der Waals surface area contributed by atoms with Crippen LogP contribution in [-0.2, 0) is 9.53 Å². The van der Waals surface area contributed by atoms with Gasteiger partial charge in [0.05, 0.1) is 18.1 Å². The molecule has 0 aromatic rings. The Bertz CT molecular complexity index is 290. The summed E-state index contributed by atoms with van der Waals surface area (Å²) in [6.45, 7) is 10.7. The fourth-order valence-electron chi connectivity index (χ4n) is 2.60. The Morgan fingerprint density at radius 2 is 1.78 bits per heavy atom. The van der Waals surface area contributed by atoms with Crippen LogP contribution in [0.1, 0.15) is 47.5 Å². The average Bonchev–Trinajstić information content (AvgIpc) is 2.60. The number of hydrogen-bond donors (Lipinski definition) is 2. The molecule has 1 amide bonds. The molecule has 1 fully saturated rings. The first-order chi connectivity index (χ1) is 8.34. The van der Waals surface area contributed by atoms with Gasteiger partial charge in [-0.2, -0.15) is 0 Å². The molecule has 0 radical (unpaired) electrons. The maximum atomic E-state index is 12.2. The van der Waals surface area contributed by atoms with Crippen molar-refractivity contribution in [1.29, 1.82) is 0 Å². The van der Waals surface area contributed by atoms with Crippen LogP contribution in [0.15, 0.2) is 0 Å². The van der Waals surface area contributed by atoms with Crippen molar-refractivity contribution in [2.24, 2.45) is 17.6 Å². The lowest BCUT2D eigenvalue weighted by Crippen LogP contribution is -2.51. The van der Waals surface area contributed by atoms with Crippen LogP contribution >= 0.6 is 0 Å². The van der Waals surface area contributed by atoms with Crippen molar-refractivity contribution in [2.45, 2.75) is 65.2 Å². The molecule has 0 bridgehead atoms. The van der Waals surface area contributed by atoms with Crippen LogP contribution in [0.5, 0.6) is 0 Å². The van der Waals surface area contributed by atoms with Crippen molar-refractivity contribution in [3.63, 3.8) is 0 Å². The summed E-state index contributed by atoms with van der Waals surface area (Å²) in [4.78, 5) is 12.2. The molecule has 4 heteroatoms. The minimum Gasteiger partial charge on any atom is -0.374 e. The minimum atomic E-state index is -0.285. The van der Waals surface area contributed by atoms with Crippen molar-refractivity contribution in [3.05, 3.63) is 0 Å². The first-order valence-corrected chi connectivity index (χ1v) is 7.06. The lowest BCUT2D eigenvalue weighted by Gasteiger charge is -2.28. The highest BCUT2D eigenvalue weighted by Crippen LogP contribution is 2.32. The van der Waals surface area contributed by atoms with E-state index >= 15 is 0 Å². The Morgan fingerprint density at radius 1 is 1.22 bits per heavy atom. The van der Waals surface area contributed by atoms with Gasteiger partial charge in [-0.15, -0.1) is 0 Å². The molecule has 0 saturated carbocycles. The van der Waals surface area contributed by atoms with E-state index in [0.29, 0.717) is 6.54 Å². The molecule has 1 aliphatic rings. The molecule has 1 saturated heterocycles. The first kappa shape index (κ1) is 15.4. The molecule has 0 spiro atoms. The Kier molecular flexibility index (Phi) is 5.17. The number of amides is 1. The summed E-state index contributed by atoms with van der Waals surface area (Å²) >= 11 is 0. The van der Waals surface area contributed by atoms with E-state index in [-0.39, 0.29) is 35.5 Å². The van der Waals surface area contributed by atoms with Crippen LogP contribution in [0.2, 0.25) is 0 Å². The molecule has 0 aromatic heterocycles. The van der Waals surface area contributed by atoms with Gasteiger partial charge in [-0.1, -0.05) is 20.8 Å². The highest BCUT2D eigenvalue weighted by Gasteiger charge is 2.41. The lowest BCUT2D eigenvalue weighted by atomic mass is 9.88. The monoisotopic (exact) mass is 256 g/mol. The summed E-state index contributed by atoms with van der Waals surface area (Å²) in [6.07, 6.45) is 1.87. The molecule has 0 aliphatic carbocycles. The quantitative estimate of drug-likeness (QED) is 0.786. The number of carbonyl (C=O) groups is 1. The van der Waals surface area contributed by atoms with Crippen molar-refractivity contribution >= 4 is 5.91 Å². The van der Waals surface area contributed by atoms with E-state index in [1.54, 1.807) is 0 Å². The van der Waals surface area contributed by atoms with Crippen LogP contribution in [0.25, 0.3) is 0 Å². The van der Waals surface area contributed by atoms with Gasteiger partial charge < -0.3 is 15.8 Å². The molecule has 0 aromatic carbocycles. The topological polar surface area (TPSA) is 64.3 Å². The number of rotatable bonds is 5. The van der Waals surface area contributed by atoms with Gasteiger partial charge in [-0.3, -0.25) is 4.79 Å². The van der Waals surface area contributed by atoms with Crippen LogP contribution in [0.3, 0.4) is 0 Å². The Hall–Kier alpha value is -0.610. The highest BCUT2D eigenvalue weighted by molar-refractivity contribution is 5.80. The Balaban J connectivity index is 2.56. The molecule has 1 heterocycles. The van der Waals surface area contributed by atoms with E-state index in [2.05, 4.69) is 26.1 Å². The average molecular weight is 256 g/mol. The maximum Gasteiger partial charge on any atom is 0.226 e. The van der Waals surface area contributed by atoms with Crippen molar-refractivity contribution in [2.75, 3.05) is 6.54 Å². The first-order valence-electron chi connectivity index (χ1n) is 7.06. The van der Waals surface area contributed by atoms with E-state index < -0.39 is 0 Å². The van der Waals surface area contributed by atoms with Gasteiger partial charge in [-0.25, -0.2) is 0 Å². The molecular weight excluding hydrogens is 228 g/mol. The van der Waals surface area contributed by atoms with Crippen molar-refractivity contribution in [1.82, 2.24) is 5.32 Å². The third-order valence-electron chi connectivity index (χ3n) is 4.57. The minimum absolute atomic E-state index is 0.00886. The van der Waals surface area contributed by atoms with E-state index in [1.165, 1.54) is 0 Å². The van der Waals surface area contributed by atoms with Crippen molar-refractivity contribution < 1.29 is 9.53 Å². The van der Waals surface area contributed by atoms with Gasteiger partial charge >= 0.3 is 0 Å². The largest absolute Gasteiger partial charge is 0.374 e. The van der Waals surface area contributed by atoms with E-state index in [9.17, 15) is 4.79 Å². The van der Waals surface area contributed by atoms with Gasteiger partial charge in [0.25, 0.3) is 0 Å². The fraction of sp³-hybridized carbons (Fsp3) is 0.929. The number of nitrogens with two attached hydrogens (primary N) is 1. The number of carbonyl (C=O) groups excluding carboxylic acids is 1. The van der Waals surface area contributed by atoms with Crippen LogP contribution in [-0.4, -0.2) is 30.2 Å². The molecule has 1 rings (SSSR count). The SMILES string of the molecule is CCC(N)(CC)CNC(=O)C1C(C)OC(C)C1C. The molecule has 106 valence electrons. The molecule has 4 nitrogen and oxygen atoms in total. The lowest BCUT2D eigenvalue weighted by molar-refractivity contribution is -0.127. The zero-order valence-electron chi connectivity index (χ0n) is 12.3. The normalized spacial score (nSPS) is 32.6. The summed E-state index contributed by atoms with van der Waals surface area (Å²) in [5, 5.41) is 3.00. The maximum absolute atomic E-state index is 12.2. The smallest absolute Gasteiger partial charge is 0.226 e. The van der Waals surface area contributed by atoms with Crippen LogP contribution in [0.4, 0.5) is 0 Å². The van der Waals surface area contributed by atoms with E-state index in [0.717, 1.165) is 12.8 Å². The van der Waals surface area contributed by atoms with Gasteiger partial charge in [0.2, 0.25) is 5.91 Å². The molecule has 3 N–H and O–H groups in total. The second kappa shape index (κ2) is 6.02. The fourth-order valence-corrected chi connectivity index (χ4v) is 2.60. The van der Waals surface area contributed by atoms with Crippen LogP contribution < -0.4 is 11.1 Å². The number of ether oxygens (including phenoxy) is 1. The second-order valence-electron chi connectivity index (χ2n) is 5.72. The zero-order chi connectivity index (χ0) is 13.9. The Labute approximate surface area is 111 Å². The van der Waals surface area contributed by atoms with E-state index in [4.69, 9.17) is 10.5 Å².